The van der Waals surface area contributed by atoms with Gasteiger partial charge in [-0.25, -0.2) is 9.78 Å². The van der Waals surface area contributed by atoms with Crippen LogP contribution < -0.4 is 10.6 Å². The summed E-state index contributed by atoms with van der Waals surface area (Å²) < 4.78 is 4.75. The molecule has 146 valence electrons. The van der Waals surface area contributed by atoms with Gasteiger partial charge < -0.3 is 20.4 Å². The van der Waals surface area contributed by atoms with Gasteiger partial charge in [0.15, 0.2) is 0 Å². The SMILES string of the molecule is COC(=O)c1cccc(Nc2nccc(NCCc3c[nH]c4ccccc34)n2)c1. The zero-order valence-corrected chi connectivity index (χ0v) is 16.0. The Bertz CT molecular complexity index is 1140. The largest absolute Gasteiger partial charge is 0.465 e. The van der Waals surface area contributed by atoms with Crippen molar-refractivity contribution in [1.82, 2.24) is 15.0 Å². The van der Waals surface area contributed by atoms with Gasteiger partial charge in [0.25, 0.3) is 0 Å². The molecule has 4 rings (SSSR count). The number of aromatic nitrogens is 3. The van der Waals surface area contributed by atoms with E-state index < -0.39 is 0 Å². The molecule has 0 aliphatic carbocycles. The molecule has 0 radical (unpaired) electrons. The molecule has 2 heterocycles. The van der Waals surface area contributed by atoms with Crippen LogP contribution in [0.3, 0.4) is 0 Å². The van der Waals surface area contributed by atoms with Crippen molar-refractivity contribution in [3.8, 4) is 0 Å². The maximum absolute atomic E-state index is 11.7. The van der Waals surface area contributed by atoms with Crippen molar-refractivity contribution in [2.75, 3.05) is 24.3 Å². The number of H-pyrrole nitrogens is 1. The Hall–Kier alpha value is -3.87. The number of hydrogen-bond donors (Lipinski definition) is 3. The van der Waals surface area contributed by atoms with E-state index in [1.165, 1.54) is 18.1 Å². The van der Waals surface area contributed by atoms with Crippen molar-refractivity contribution in [3.05, 3.63) is 78.1 Å². The standard InChI is InChI=1S/C22H21N5O2/c1-29-21(28)15-5-4-6-17(13-15)26-22-24-12-10-20(27-22)23-11-9-16-14-25-19-8-3-2-7-18(16)19/h2-8,10,12-14,25H,9,11H2,1H3,(H2,23,24,26,27). The minimum atomic E-state index is -0.387. The predicted molar refractivity (Wildman–Crippen MR) is 114 cm³/mol. The van der Waals surface area contributed by atoms with Crippen LogP contribution in [0.25, 0.3) is 10.9 Å². The third kappa shape index (κ3) is 4.35. The van der Waals surface area contributed by atoms with Crippen LogP contribution in [0.15, 0.2) is 67.0 Å². The topological polar surface area (TPSA) is 91.9 Å². The van der Waals surface area contributed by atoms with E-state index in [2.05, 4.69) is 37.7 Å². The first-order valence-electron chi connectivity index (χ1n) is 9.30. The zero-order chi connectivity index (χ0) is 20.1. The smallest absolute Gasteiger partial charge is 0.337 e. The average molecular weight is 387 g/mol. The first-order valence-corrected chi connectivity index (χ1v) is 9.30. The summed E-state index contributed by atoms with van der Waals surface area (Å²) in [6.45, 7) is 0.746. The fourth-order valence-corrected chi connectivity index (χ4v) is 3.15. The number of ether oxygens (including phenoxy) is 1. The van der Waals surface area contributed by atoms with Gasteiger partial charge in [-0.05, 0) is 42.3 Å². The number of aromatic amines is 1. The first kappa shape index (κ1) is 18.5. The molecule has 0 fully saturated rings. The highest BCUT2D eigenvalue weighted by molar-refractivity contribution is 5.90. The monoisotopic (exact) mass is 387 g/mol. The zero-order valence-electron chi connectivity index (χ0n) is 16.0. The molecule has 0 amide bonds. The molecule has 0 saturated carbocycles. The molecule has 0 aliphatic heterocycles. The van der Waals surface area contributed by atoms with E-state index in [9.17, 15) is 4.79 Å². The highest BCUT2D eigenvalue weighted by atomic mass is 16.5. The van der Waals surface area contributed by atoms with Gasteiger partial charge >= 0.3 is 5.97 Å². The van der Waals surface area contributed by atoms with Gasteiger partial charge in [-0.3, -0.25) is 0 Å². The van der Waals surface area contributed by atoms with Crippen molar-refractivity contribution in [2.45, 2.75) is 6.42 Å². The second kappa shape index (κ2) is 8.43. The molecule has 7 heteroatoms. The minimum absolute atomic E-state index is 0.387. The Morgan fingerprint density at radius 3 is 2.93 bits per heavy atom. The van der Waals surface area contributed by atoms with Crippen LogP contribution in [0.2, 0.25) is 0 Å². The summed E-state index contributed by atoms with van der Waals surface area (Å²) in [7, 11) is 1.36. The number of carbonyl (C=O) groups excluding carboxylic acids is 1. The number of esters is 1. The third-order valence-corrected chi connectivity index (χ3v) is 4.57. The number of para-hydroxylation sites is 1. The number of methoxy groups -OCH3 is 1. The molecule has 0 saturated heterocycles. The molecular formula is C22H21N5O2. The van der Waals surface area contributed by atoms with Crippen LogP contribution in [0.4, 0.5) is 17.5 Å². The molecule has 0 aliphatic rings. The van der Waals surface area contributed by atoms with Crippen molar-refractivity contribution in [1.29, 1.82) is 0 Å². The number of rotatable bonds is 7. The van der Waals surface area contributed by atoms with E-state index in [1.54, 1.807) is 24.4 Å². The molecular weight excluding hydrogens is 366 g/mol. The van der Waals surface area contributed by atoms with Crippen LogP contribution >= 0.6 is 0 Å². The van der Waals surface area contributed by atoms with E-state index in [0.717, 1.165) is 24.3 Å². The van der Waals surface area contributed by atoms with Crippen molar-refractivity contribution in [3.63, 3.8) is 0 Å². The molecule has 2 aromatic heterocycles. The summed E-state index contributed by atoms with van der Waals surface area (Å²) in [5.41, 5.74) is 3.58. The molecule has 3 N–H and O–H groups in total. The molecule has 0 unspecified atom stereocenters. The lowest BCUT2D eigenvalue weighted by molar-refractivity contribution is 0.0601. The Labute approximate surface area is 168 Å². The van der Waals surface area contributed by atoms with Crippen LogP contribution in [0.1, 0.15) is 15.9 Å². The van der Waals surface area contributed by atoms with Crippen molar-refractivity contribution >= 4 is 34.3 Å². The summed E-state index contributed by atoms with van der Waals surface area (Å²) in [6, 6.07) is 17.1. The minimum Gasteiger partial charge on any atom is -0.465 e. The van der Waals surface area contributed by atoms with Gasteiger partial charge in [-0.15, -0.1) is 0 Å². The highest BCUT2D eigenvalue weighted by Gasteiger charge is 2.07. The van der Waals surface area contributed by atoms with Crippen molar-refractivity contribution in [2.24, 2.45) is 0 Å². The second-order valence-corrected chi connectivity index (χ2v) is 6.50. The number of benzene rings is 2. The lowest BCUT2D eigenvalue weighted by Crippen LogP contribution is -2.08. The number of anilines is 3. The number of fused-ring (bicyclic) bond motifs is 1. The number of nitrogens with one attached hydrogen (secondary N) is 3. The Kier molecular flexibility index (Phi) is 5.38. The second-order valence-electron chi connectivity index (χ2n) is 6.50. The molecule has 7 nitrogen and oxygen atoms in total. The normalized spacial score (nSPS) is 10.7. The lowest BCUT2D eigenvalue weighted by atomic mass is 10.1. The van der Waals surface area contributed by atoms with Crippen molar-refractivity contribution < 1.29 is 9.53 Å². The molecule has 0 bridgehead atoms. The average Bonchev–Trinajstić information content (AvgIpc) is 3.17. The maximum atomic E-state index is 11.7. The van der Waals surface area contributed by atoms with Gasteiger partial charge in [0, 0.05) is 35.5 Å². The van der Waals surface area contributed by atoms with Gasteiger partial charge in [0.2, 0.25) is 5.95 Å². The van der Waals surface area contributed by atoms with Gasteiger partial charge in [-0.2, -0.15) is 4.98 Å². The van der Waals surface area contributed by atoms with Gasteiger partial charge in [-0.1, -0.05) is 24.3 Å². The Balaban J connectivity index is 1.39. The number of hydrogen-bond acceptors (Lipinski definition) is 6. The predicted octanol–water partition coefficient (Wildman–Crippen LogP) is 4.14. The van der Waals surface area contributed by atoms with Crippen LogP contribution in [-0.4, -0.2) is 34.6 Å². The van der Waals surface area contributed by atoms with Crippen LogP contribution in [0.5, 0.6) is 0 Å². The molecule has 4 aromatic rings. The molecule has 2 aromatic carbocycles. The van der Waals surface area contributed by atoms with Crippen LogP contribution in [0, 0.1) is 0 Å². The Morgan fingerprint density at radius 2 is 2.03 bits per heavy atom. The summed E-state index contributed by atoms with van der Waals surface area (Å²) >= 11 is 0. The number of nitrogens with zero attached hydrogens (tertiary/aromatic N) is 2. The summed E-state index contributed by atoms with van der Waals surface area (Å²) in [6.07, 6.45) is 4.61. The van der Waals surface area contributed by atoms with E-state index >= 15 is 0 Å². The quantitative estimate of drug-likeness (QED) is 0.413. The highest BCUT2D eigenvalue weighted by Crippen LogP contribution is 2.19. The molecule has 29 heavy (non-hydrogen) atoms. The Morgan fingerprint density at radius 1 is 1.14 bits per heavy atom. The summed E-state index contributed by atoms with van der Waals surface area (Å²) in [5.74, 6) is 0.790. The molecule has 0 atom stereocenters. The number of carbonyl (C=O) groups is 1. The van der Waals surface area contributed by atoms with E-state index in [4.69, 9.17) is 4.74 Å². The van der Waals surface area contributed by atoms with E-state index in [0.29, 0.717) is 17.2 Å². The summed E-state index contributed by atoms with van der Waals surface area (Å²) in [5, 5.41) is 7.69. The fraction of sp³-hybridized carbons (Fsp3) is 0.136. The lowest BCUT2D eigenvalue weighted by Gasteiger charge is -2.09. The first-order chi connectivity index (χ1) is 14.2. The molecule has 0 spiro atoms. The third-order valence-electron chi connectivity index (χ3n) is 4.57. The fourth-order valence-electron chi connectivity index (χ4n) is 3.15. The van der Waals surface area contributed by atoms with Crippen LogP contribution in [-0.2, 0) is 11.2 Å². The van der Waals surface area contributed by atoms with Gasteiger partial charge in [0.1, 0.15) is 5.82 Å². The summed E-state index contributed by atoms with van der Waals surface area (Å²) in [4.78, 5) is 23.7. The van der Waals surface area contributed by atoms with E-state index in [-0.39, 0.29) is 5.97 Å². The maximum Gasteiger partial charge on any atom is 0.337 e. The van der Waals surface area contributed by atoms with E-state index in [1.807, 2.05) is 30.5 Å². The van der Waals surface area contributed by atoms with Gasteiger partial charge in [0.05, 0.1) is 12.7 Å².